The molecule has 5 nitrogen and oxygen atoms in total. The summed E-state index contributed by atoms with van der Waals surface area (Å²) in [6.07, 6.45) is -1.61. The molecule has 0 aromatic rings. The van der Waals surface area contributed by atoms with E-state index in [2.05, 4.69) is 13.8 Å². The Hall–Kier alpha value is 0.500. The van der Waals surface area contributed by atoms with Crippen molar-refractivity contribution in [3.8, 4) is 0 Å². The number of thioether (sulfide) groups is 2. The lowest BCUT2D eigenvalue weighted by atomic mass is 10.0. The van der Waals surface area contributed by atoms with Crippen LogP contribution in [0.5, 0.6) is 0 Å². The van der Waals surface area contributed by atoms with Crippen molar-refractivity contribution in [1.29, 1.82) is 0 Å². The molecule has 2 heterocycles. The Morgan fingerprint density at radius 2 is 1.61 bits per heavy atom. The summed E-state index contributed by atoms with van der Waals surface area (Å²) in [5.41, 5.74) is 0. The molecule has 2 rings (SSSR count). The van der Waals surface area contributed by atoms with Crippen molar-refractivity contribution in [1.82, 2.24) is 0 Å². The molecule has 0 aromatic heterocycles. The molecule has 0 unspecified atom stereocenters. The van der Waals surface area contributed by atoms with Gasteiger partial charge >= 0.3 is 0 Å². The molecule has 0 saturated carbocycles. The quantitative estimate of drug-likeness (QED) is 0.695. The first-order chi connectivity index (χ1) is 10.7. The Labute approximate surface area is 148 Å². The smallest absolute Gasteiger partial charge is 0.164 e. The average Bonchev–Trinajstić information content (AvgIpc) is 2.97. The minimum Gasteiger partial charge on any atom is -0.388 e. The highest BCUT2D eigenvalue weighted by Gasteiger charge is 2.53. The topological polar surface area (TPSA) is 57.2 Å². The van der Waals surface area contributed by atoms with E-state index in [9.17, 15) is 5.11 Å². The van der Waals surface area contributed by atoms with Crippen molar-refractivity contribution in [2.24, 2.45) is 0 Å². The molecule has 0 amide bonds. The summed E-state index contributed by atoms with van der Waals surface area (Å²) in [7, 11) is 0. The van der Waals surface area contributed by atoms with Gasteiger partial charge in [0.05, 0.1) is 11.2 Å². The molecule has 1 N–H and O–H groups in total. The number of rotatable bonds is 7. The second kappa shape index (κ2) is 7.81. The Morgan fingerprint density at radius 3 is 2.09 bits per heavy atom. The van der Waals surface area contributed by atoms with E-state index in [-0.39, 0.29) is 16.8 Å². The van der Waals surface area contributed by atoms with Gasteiger partial charge in [-0.15, -0.1) is 23.5 Å². The van der Waals surface area contributed by atoms with E-state index in [0.717, 1.165) is 11.5 Å². The lowest BCUT2D eigenvalue weighted by Gasteiger charge is -2.30. The van der Waals surface area contributed by atoms with Crippen molar-refractivity contribution in [2.45, 2.75) is 82.1 Å². The van der Waals surface area contributed by atoms with E-state index in [1.54, 1.807) is 23.5 Å². The molecular formula is C16H30O5S2. The molecule has 7 heteroatoms. The summed E-state index contributed by atoms with van der Waals surface area (Å²) in [6.45, 7) is 12.2. The highest BCUT2D eigenvalue weighted by Crippen LogP contribution is 2.40. The van der Waals surface area contributed by atoms with Gasteiger partial charge in [-0.1, -0.05) is 13.8 Å². The normalized spacial score (nSPS) is 34.2. The number of hydrogen-bond donors (Lipinski definition) is 1. The average molecular weight is 367 g/mol. The van der Waals surface area contributed by atoms with Crippen LogP contribution in [0.15, 0.2) is 0 Å². The molecule has 2 aliphatic heterocycles. The van der Waals surface area contributed by atoms with E-state index in [4.69, 9.17) is 18.9 Å². The summed E-state index contributed by atoms with van der Waals surface area (Å²) in [6, 6.07) is 0. The highest BCUT2D eigenvalue weighted by atomic mass is 32.2. The Kier molecular flexibility index (Phi) is 6.73. The molecule has 0 aliphatic carbocycles. The zero-order chi connectivity index (χ0) is 17.3. The summed E-state index contributed by atoms with van der Waals surface area (Å²) >= 11 is 3.49. The molecule has 136 valence electrons. The maximum Gasteiger partial charge on any atom is 0.164 e. The second-order valence-electron chi connectivity index (χ2n) is 6.70. The number of aliphatic hydroxyl groups is 1. The maximum absolute atomic E-state index is 10.9. The molecule has 0 spiro atoms. The first kappa shape index (κ1) is 19.8. The van der Waals surface area contributed by atoms with E-state index in [0.29, 0.717) is 6.61 Å². The number of aliphatic hydroxyl groups excluding tert-OH is 1. The third-order valence-corrected chi connectivity index (χ3v) is 6.54. The summed E-state index contributed by atoms with van der Waals surface area (Å²) in [5.74, 6) is 0.551. The van der Waals surface area contributed by atoms with Gasteiger partial charge in [0.2, 0.25) is 0 Å². The largest absolute Gasteiger partial charge is 0.388 e. The fourth-order valence-electron chi connectivity index (χ4n) is 2.97. The zero-order valence-corrected chi connectivity index (χ0v) is 16.5. The van der Waals surface area contributed by atoms with Crippen molar-refractivity contribution in [3.05, 3.63) is 0 Å². The fraction of sp³-hybridized carbons (Fsp3) is 1.00. The van der Waals surface area contributed by atoms with Gasteiger partial charge in [-0.3, -0.25) is 0 Å². The molecule has 2 fully saturated rings. The van der Waals surface area contributed by atoms with Gasteiger partial charge in [-0.05, 0) is 39.2 Å². The van der Waals surface area contributed by atoms with Gasteiger partial charge in [-0.2, -0.15) is 0 Å². The molecule has 0 radical (unpaired) electrons. The van der Waals surface area contributed by atoms with Crippen LogP contribution in [0.3, 0.4) is 0 Å². The Morgan fingerprint density at radius 1 is 1.00 bits per heavy atom. The monoisotopic (exact) mass is 366 g/mol. The first-order valence-electron chi connectivity index (χ1n) is 8.28. The minimum atomic E-state index is -0.731. The highest BCUT2D eigenvalue weighted by molar-refractivity contribution is 8.17. The zero-order valence-electron chi connectivity index (χ0n) is 14.9. The summed E-state index contributed by atoms with van der Waals surface area (Å²) in [5, 5.41) is 10.9. The van der Waals surface area contributed by atoms with Crippen LogP contribution in [0.25, 0.3) is 0 Å². The summed E-state index contributed by atoms with van der Waals surface area (Å²) < 4.78 is 23.8. The Bertz CT molecular complexity index is 385. The van der Waals surface area contributed by atoms with Crippen molar-refractivity contribution < 1.29 is 24.1 Å². The van der Waals surface area contributed by atoms with Crippen molar-refractivity contribution in [2.75, 3.05) is 18.1 Å². The lowest BCUT2D eigenvalue weighted by molar-refractivity contribution is -0.175. The van der Waals surface area contributed by atoms with E-state index in [1.807, 2.05) is 27.7 Å². The van der Waals surface area contributed by atoms with Crippen LogP contribution in [-0.4, -0.2) is 63.8 Å². The van der Waals surface area contributed by atoms with Gasteiger partial charge in [0.1, 0.15) is 24.4 Å². The number of ether oxygens (including phenoxy) is 4. The third-order valence-electron chi connectivity index (χ3n) is 3.84. The minimum absolute atomic E-state index is 0.0605. The van der Waals surface area contributed by atoms with Crippen LogP contribution >= 0.6 is 23.5 Å². The molecule has 2 aliphatic rings. The fourth-order valence-corrected chi connectivity index (χ4v) is 5.54. The SMILES string of the molecule is CCSC(SCC)[C@H](O)[C@H]1OC(C)(C)O[C@@H]1[C@H]1COC(C)(C)O1. The van der Waals surface area contributed by atoms with E-state index >= 15 is 0 Å². The second-order valence-corrected chi connectivity index (χ2v) is 9.84. The lowest BCUT2D eigenvalue weighted by Crippen LogP contribution is -2.47. The summed E-state index contributed by atoms with van der Waals surface area (Å²) in [4.78, 5) is 0. The van der Waals surface area contributed by atoms with Gasteiger partial charge in [0.15, 0.2) is 11.6 Å². The van der Waals surface area contributed by atoms with Gasteiger partial charge < -0.3 is 24.1 Å². The standard InChI is InChI=1S/C16H30O5S2/c1-7-22-14(23-8-2)11(17)13-12(20-16(5,6)21-13)10-9-18-15(3,4)19-10/h10-14,17H,7-9H2,1-6H3/t10-,11-,12-,13-/m1/s1. The molecular weight excluding hydrogens is 336 g/mol. The first-order valence-corrected chi connectivity index (χ1v) is 10.4. The van der Waals surface area contributed by atoms with Crippen LogP contribution < -0.4 is 0 Å². The Balaban J connectivity index is 2.13. The molecule has 23 heavy (non-hydrogen) atoms. The van der Waals surface area contributed by atoms with Crippen LogP contribution in [0.2, 0.25) is 0 Å². The van der Waals surface area contributed by atoms with Crippen LogP contribution in [0, 0.1) is 0 Å². The van der Waals surface area contributed by atoms with Crippen LogP contribution in [0.1, 0.15) is 41.5 Å². The molecule has 4 atom stereocenters. The van der Waals surface area contributed by atoms with Gasteiger partial charge in [0, 0.05) is 0 Å². The van der Waals surface area contributed by atoms with Crippen molar-refractivity contribution >= 4 is 23.5 Å². The number of hydrogen-bond acceptors (Lipinski definition) is 7. The van der Waals surface area contributed by atoms with Crippen molar-refractivity contribution in [3.63, 3.8) is 0 Å². The van der Waals surface area contributed by atoms with E-state index in [1.165, 1.54) is 0 Å². The van der Waals surface area contributed by atoms with Crippen LogP contribution in [0.4, 0.5) is 0 Å². The maximum atomic E-state index is 10.9. The molecule has 2 saturated heterocycles. The van der Waals surface area contributed by atoms with Gasteiger partial charge in [-0.25, -0.2) is 0 Å². The van der Waals surface area contributed by atoms with Gasteiger partial charge in [0.25, 0.3) is 0 Å². The van der Waals surface area contributed by atoms with E-state index < -0.39 is 23.8 Å². The predicted octanol–water partition coefficient (Wildman–Crippen LogP) is 2.85. The predicted molar refractivity (Wildman–Crippen MR) is 94.8 cm³/mol. The van der Waals surface area contributed by atoms with Crippen LogP contribution in [-0.2, 0) is 18.9 Å². The molecule has 0 bridgehead atoms. The third kappa shape index (κ3) is 5.00. The molecule has 0 aromatic carbocycles.